The quantitative estimate of drug-likeness (QED) is 0.346. The molecular formula is C30H36ClN3O4S. The number of nitrogens with zero attached hydrogens (tertiary/aromatic N) is 2. The largest absolute Gasteiger partial charge is 0.350 e. The minimum atomic E-state index is -4.15. The third-order valence-electron chi connectivity index (χ3n) is 6.20. The van der Waals surface area contributed by atoms with Crippen LogP contribution in [0.2, 0.25) is 5.02 Å². The first-order valence-electron chi connectivity index (χ1n) is 12.8. The highest BCUT2D eigenvalue weighted by Gasteiger charge is 2.35. The highest BCUT2D eigenvalue weighted by atomic mass is 35.5. The first kappa shape index (κ1) is 30.2. The van der Waals surface area contributed by atoms with Gasteiger partial charge in [-0.3, -0.25) is 13.9 Å². The van der Waals surface area contributed by atoms with Gasteiger partial charge in [-0.05, 0) is 69.5 Å². The molecule has 0 radical (unpaired) electrons. The maximum absolute atomic E-state index is 14.1. The van der Waals surface area contributed by atoms with Gasteiger partial charge in [0.25, 0.3) is 10.0 Å². The van der Waals surface area contributed by atoms with E-state index in [2.05, 4.69) is 5.32 Å². The number of amides is 2. The fraction of sp³-hybridized carbons (Fsp3) is 0.333. The van der Waals surface area contributed by atoms with E-state index >= 15 is 0 Å². The van der Waals surface area contributed by atoms with Crippen molar-refractivity contribution in [1.82, 2.24) is 10.2 Å². The van der Waals surface area contributed by atoms with Gasteiger partial charge in [-0.1, -0.05) is 73.1 Å². The Hall–Kier alpha value is -3.36. The Kier molecular flexibility index (Phi) is 9.80. The predicted molar refractivity (Wildman–Crippen MR) is 156 cm³/mol. The first-order valence-corrected chi connectivity index (χ1v) is 14.6. The van der Waals surface area contributed by atoms with Crippen molar-refractivity contribution in [3.05, 3.63) is 95.0 Å². The minimum Gasteiger partial charge on any atom is -0.350 e. The summed E-state index contributed by atoms with van der Waals surface area (Å²) in [5, 5.41) is 3.35. The molecule has 2 amide bonds. The average Bonchev–Trinajstić information content (AvgIpc) is 2.89. The molecule has 0 saturated carbocycles. The number of hydrogen-bond acceptors (Lipinski definition) is 4. The van der Waals surface area contributed by atoms with Crippen LogP contribution in [0.25, 0.3) is 0 Å². The summed E-state index contributed by atoms with van der Waals surface area (Å²) in [7, 11) is -4.15. The van der Waals surface area contributed by atoms with Crippen LogP contribution in [-0.2, 0) is 26.2 Å². The van der Waals surface area contributed by atoms with Crippen LogP contribution < -0.4 is 9.62 Å². The Bertz CT molecular complexity index is 1390. The molecule has 208 valence electrons. The van der Waals surface area contributed by atoms with E-state index in [1.165, 1.54) is 17.0 Å². The smallest absolute Gasteiger partial charge is 0.264 e. The van der Waals surface area contributed by atoms with Crippen LogP contribution in [0.1, 0.15) is 45.2 Å². The van der Waals surface area contributed by atoms with E-state index in [-0.39, 0.29) is 17.3 Å². The van der Waals surface area contributed by atoms with Gasteiger partial charge in [-0.2, -0.15) is 0 Å². The zero-order valence-corrected chi connectivity index (χ0v) is 24.6. The molecule has 39 heavy (non-hydrogen) atoms. The highest BCUT2D eigenvalue weighted by molar-refractivity contribution is 7.92. The summed E-state index contributed by atoms with van der Waals surface area (Å²) in [4.78, 5) is 28.9. The number of carbonyl (C=O) groups excluding carboxylic acids is 2. The molecule has 0 aliphatic heterocycles. The van der Waals surface area contributed by atoms with Gasteiger partial charge >= 0.3 is 0 Å². The highest BCUT2D eigenvalue weighted by Crippen LogP contribution is 2.31. The van der Waals surface area contributed by atoms with E-state index in [4.69, 9.17) is 11.6 Å². The van der Waals surface area contributed by atoms with Crippen molar-refractivity contribution in [1.29, 1.82) is 0 Å². The molecule has 3 rings (SSSR count). The van der Waals surface area contributed by atoms with E-state index in [0.29, 0.717) is 22.7 Å². The van der Waals surface area contributed by atoms with E-state index < -0.39 is 34.1 Å². The zero-order valence-electron chi connectivity index (χ0n) is 23.0. The van der Waals surface area contributed by atoms with Crippen LogP contribution in [0.5, 0.6) is 0 Å². The van der Waals surface area contributed by atoms with Gasteiger partial charge in [-0.15, -0.1) is 0 Å². The van der Waals surface area contributed by atoms with Gasteiger partial charge < -0.3 is 10.2 Å². The molecule has 9 heteroatoms. The minimum absolute atomic E-state index is 0.0457. The number of sulfonamides is 1. The molecule has 0 aromatic heterocycles. The molecule has 0 saturated heterocycles. The van der Waals surface area contributed by atoms with E-state index in [1.807, 2.05) is 58.0 Å². The summed E-state index contributed by atoms with van der Waals surface area (Å²) in [5.74, 6) is -0.806. The fourth-order valence-corrected chi connectivity index (χ4v) is 5.91. The molecule has 0 spiro atoms. The lowest BCUT2D eigenvalue weighted by Crippen LogP contribution is -2.55. The molecule has 1 N–H and O–H groups in total. The van der Waals surface area contributed by atoms with E-state index in [9.17, 15) is 18.0 Å². The van der Waals surface area contributed by atoms with Crippen molar-refractivity contribution in [3.8, 4) is 0 Å². The number of anilines is 1. The molecular weight excluding hydrogens is 534 g/mol. The Morgan fingerprint density at radius 2 is 1.51 bits per heavy atom. The number of nitrogens with one attached hydrogen (secondary N) is 1. The number of hydrogen-bond donors (Lipinski definition) is 1. The maximum Gasteiger partial charge on any atom is 0.264 e. The van der Waals surface area contributed by atoms with Crippen molar-refractivity contribution in [3.63, 3.8) is 0 Å². The SMILES string of the molecule is CC[C@H](C(=O)NC(C)(C)C)N(Cc1ccccc1)C(=O)CN(c1cccc(Cl)c1C)S(=O)(=O)c1ccccc1. The molecule has 0 aliphatic carbocycles. The molecule has 0 bridgehead atoms. The number of halogens is 1. The average molecular weight is 570 g/mol. The normalized spacial score (nSPS) is 12.5. The summed E-state index contributed by atoms with van der Waals surface area (Å²) >= 11 is 6.37. The summed E-state index contributed by atoms with van der Waals surface area (Å²) in [6, 6.07) is 21.4. The number of benzene rings is 3. The van der Waals surface area contributed by atoms with Crippen molar-refractivity contribution in [2.24, 2.45) is 0 Å². The van der Waals surface area contributed by atoms with Gasteiger partial charge in [0.1, 0.15) is 12.6 Å². The molecule has 7 nitrogen and oxygen atoms in total. The van der Waals surface area contributed by atoms with Crippen LogP contribution >= 0.6 is 11.6 Å². The second kappa shape index (κ2) is 12.7. The van der Waals surface area contributed by atoms with Crippen molar-refractivity contribution >= 4 is 39.1 Å². The molecule has 1 atom stereocenters. The van der Waals surface area contributed by atoms with E-state index in [0.717, 1.165) is 9.87 Å². The Morgan fingerprint density at radius 3 is 2.08 bits per heavy atom. The van der Waals surface area contributed by atoms with Crippen molar-refractivity contribution in [2.45, 2.75) is 64.1 Å². The lowest BCUT2D eigenvalue weighted by Gasteiger charge is -2.35. The van der Waals surface area contributed by atoms with Gasteiger partial charge in [0.2, 0.25) is 11.8 Å². The van der Waals surface area contributed by atoms with Crippen LogP contribution in [0, 0.1) is 6.92 Å². The summed E-state index contributed by atoms with van der Waals surface area (Å²) < 4.78 is 28.9. The summed E-state index contributed by atoms with van der Waals surface area (Å²) in [6.07, 6.45) is 0.349. The standard InChI is InChI=1S/C30H36ClN3O4S/c1-6-26(29(36)32-30(3,4)5)33(20-23-14-9-7-10-15-23)28(35)21-34(27-19-13-18-25(31)22(27)2)39(37,38)24-16-11-8-12-17-24/h7-19,26H,6,20-21H2,1-5H3,(H,32,36)/t26-/m1/s1. The lowest BCUT2D eigenvalue weighted by atomic mass is 10.1. The number of rotatable bonds is 10. The molecule has 3 aromatic rings. The van der Waals surface area contributed by atoms with Crippen LogP contribution in [0.15, 0.2) is 83.8 Å². The third-order valence-corrected chi connectivity index (χ3v) is 8.38. The number of carbonyl (C=O) groups is 2. The van der Waals surface area contributed by atoms with E-state index in [1.54, 1.807) is 43.3 Å². The van der Waals surface area contributed by atoms with Gasteiger partial charge in [-0.25, -0.2) is 8.42 Å². The maximum atomic E-state index is 14.1. The molecule has 0 aliphatic rings. The van der Waals surface area contributed by atoms with Crippen LogP contribution in [-0.4, -0.2) is 43.3 Å². The second-order valence-electron chi connectivity index (χ2n) is 10.4. The van der Waals surface area contributed by atoms with Gasteiger partial charge in [0.15, 0.2) is 0 Å². The Balaban J connectivity index is 2.09. The third kappa shape index (κ3) is 7.61. The van der Waals surface area contributed by atoms with Gasteiger partial charge in [0, 0.05) is 17.1 Å². The van der Waals surface area contributed by atoms with Crippen LogP contribution in [0.4, 0.5) is 5.69 Å². The molecule has 0 fully saturated rings. The molecule has 0 unspecified atom stereocenters. The molecule has 0 heterocycles. The van der Waals surface area contributed by atoms with Gasteiger partial charge in [0.05, 0.1) is 10.6 Å². The lowest BCUT2D eigenvalue weighted by molar-refractivity contribution is -0.141. The first-order chi connectivity index (χ1) is 18.3. The second-order valence-corrected chi connectivity index (χ2v) is 12.6. The summed E-state index contributed by atoms with van der Waals surface area (Å²) in [5.41, 5.74) is 1.14. The molecule has 3 aromatic carbocycles. The predicted octanol–water partition coefficient (Wildman–Crippen LogP) is 5.57. The van der Waals surface area contributed by atoms with Crippen molar-refractivity contribution < 1.29 is 18.0 Å². The fourth-order valence-electron chi connectivity index (χ4n) is 4.25. The van der Waals surface area contributed by atoms with Crippen LogP contribution in [0.3, 0.4) is 0 Å². The Labute approximate surface area is 236 Å². The Morgan fingerprint density at radius 1 is 0.923 bits per heavy atom. The summed E-state index contributed by atoms with van der Waals surface area (Å²) in [6.45, 7) is 8.79. The monoisotopic (exact) mass is 569 g/mol. The topological polar surface area (TPSA) is 86.8 Å². The van der Waals surface area contributed by atoms with Crippen molar-refractivity contribution in [2.75, 3.05) is 10.8 Å². The zero-order chi connectivity index (χ0) is 28.8.